The number of hydrogen-bond donors (Lipinski definition) is 3. The van der Waals surface area contributed by atoms with E-state index in [0.717, 1.165) is 0 Å². The van der Waals surface area contributed by atoms with Crippen LogP contribution in [0.1, 0.15) is 27.2 Å². The summed E-state index contributed by atoms with van der Waals surface area (Å²) in [6.45, 7) is 5.89. The molecule has 0 bridgehead atoms. The molecule has 0 aromatic heterocycles. The zero-order valence-electron chi connectivity index (χ0n) is 12.9. The number of rotatable bonds is 5. The monoisotopic (exact) mass is 298 g/mol. The number of carbonyl (C=O) groups excluding carboxylic acids is 1. The summed E-state index contributed by atoms with van der Waals surface area (Å²) < 4.78 is 18.3. The molecule has 1 aromatic rings. The number of amides is 2. The van der Waals surface area contributed by atoms with Crippen molar-refractivity contribution in [3.63, 3.8) is 0 Å². The van der Waals surface area contributed by atoms with Gasteiger partial charge in [-0.25, -0.2) is 9.18 Å². The fourth-order valence-corrected chi connectivity index (χ4v) is 2.02. The maximum Gasteiger partial charge on any atom is 0.319 e. The number of halogens is 1. The van der Waals surface area contributed by atoms with Crippen LogP contribution < -0.4 is 15.4 Å². The third-order valence-electron chi connectivity index (χ3n) is 2.82. The molecule has 21 heavy (non-hydrogen) atoms. The number of hydrogen-bond acceptors (Lipinski definition) is 3. The van der Waals surface area contributed by atoms with Gasteiger partial charge in [0.05, 0.1) is 25.4 Å². The number of nitrogens with one attached hydrogen (secondary N) is 2. The highest BCUT2D eigenvalue weighted by atomic mass is 19.1. The van der Waals surface area contributed by atoms with Crippen molar-refractivity contribution in [2.24, 2.45) is 5.41 Å². The number of ether oxygens (including phenoxy) is 1. The summed E-state index contributed by atoms with van der Waals surface area (Å²) in [5.41, 5.74) is 0.208. The van der Waals surface area contributed by atoms with Crippen LogP contribution in [0.25, 0.3) is 0 Å². The van der Waals surface area contributed by atoms with Gasteiger partial charge in [-0.05, 0) is 24.0 Å². The molecule has 0 fully saturated rings. The summed E-state index contributed by atoms with van der Waals surface area (Å²) >= 11 is 0. The number of carbonyl (C=O) groups is 1. The largest absolute Gasteiger partial charge is 0.495 e. The van der Waals surface area contributed by atoms with Crippen LogP contribution in [0.3, 0.4) is 0 Å². The van der Waals surface area contributed by atoms with E-state index in [2.05, 4.69) is 10.6 Å². The molecule has 0 saturated carbocycles. The Balaban J connectivity index is 2.70. The van der Waals surface area contributed by atoms with Crippen molar-refractivity contribution in [2.45, 2.75) is 33.2 Å². The summed E-state index contributed by atoms with van der Waals surface area (Å²) in [6, 6.07) is 2.98. The van der Waals surface area contributed by atoms with E-state index in [-0.39, 0.29) is 23.8 Å². The number of aliphatic hydroxyl groups is 1. The van der Waals surface area contributed by atoms with Gasteiger partial charge in [-0.15, -0.1) is 0 Å². The molecular formula is C15H23FN2O3. The van der Waals surface area contributed by atoms with Crippen molar-refractivity contribution in [3.8, 4) is 5.75 Å². The van der Waals surface area contributed by atoms with Crippen LogP contribution in [0.15, 0.2) is 18.2 Å². The molecule has 1 aromatic carbocycles. The van der Waals surface area contributed by atoms with Gasteiger partial charge >= 0.3 is 6.03 Å². The van der Waals surface area contributed by atoms with Crippen molar-refractivity contribution in [1.29, 1.82) is 0 Å². The van der Waals surface area contributed by atoms with Gasteiger partial charge < -0.3 is 20.5 Å². The average Bonchev–Trinajstić information content (AvgIpc) is 2.36. The molecule has 1 unspecified atom stereocenters. The van der Waals surface area contributed by atoms with Crippen LogP contribution >= 0.6 is 0 Å². The third-order valence-corrected chi connectivity index (χ3v) is 2.82. The molecule has 0 radical (unpaired) electrons. The Bertz CT molecular complexity index is 486. The Kier molecular flexibility index (Phi) is 5.96. The minimum atomic E-state index is -0.512. The number of urea groups is 1. The molecule has 0 saturated heterocycles. The smallest absolute Gasteiger partial charge is 0.319 e. The van der Waals surface area contributed by atoms with Crippen LogP contribution in [0, 0.1) is 11.2 Å². The maximum absolute atomic E-state index is 13.2. The maximum atomic E-state index is 13.2. The SMILES string of the molecule is COc1ccc(F)cc1NC(=O)NC(CO)CC(C)(C)C. The van der Waals surface area contributed by atoms with Gasteiger partial charge in [-0.3, -0.25) is 0 Å². The summed E-state index contributed by atoms with van der Waals surface area (Å²) in [6.07, 6.45) is 0.622. The zero-order chi connectivity index (χ0) is 16.0. The zero-order valence-corrected chi connectivity index (χ0v) is 12.9. The second-order valence-corrected chi connectivity index (χ2v) is 6.09. The predicted molar refractivity (Wildman–Crippen MR) is 80.1 cm³/mol. The van der Waals surface area contributed by atoms with Gasteiger partial charge in [0.1, 0.15) is 11.6 Å². The molecule has 0 spiro atoms. The van der Waals surface area contributed by atoms with Crippen molar-refractivity contribution in [1.82, 2.24) is 5.32 Å². The molecule has 6 heteroatoms. The second kappa shape index (κ2) is 7.26. The topological polar surface area (TPSA) is 70.6 Å². The number of benzene rings is 1. The first-order valence-electron chi connectivity index (χ1n) is 6.77. The van der Waals surface area contributed by atoms with Gasteiger partial charge in [0, 0.05) is 6.07 Å². The highest BCUT2D eigenvalue weighted by molar-refractivity contribution is 5.91. The van der Waals surface area contributed by atoms with E-state index in [4.69, 9.17) is 4.74 Å². The van der Waals surface area contributed by atoms with Crippen LogP contribution in [0.2, 0.25) is 0 Å². The van der Waals surface area contributed by atoms with Gasteiger partial charge in [-0.2, -0.15) is 0 Å². The summed E-state index contributed by atoms with van der Waals surface area (Å²) in [5.74, 6) is -0.109. The Morgan fingerprint density at radius 1 is 1.43 bits per heavy atom. The molecule has 1 atom stereocenters. The molecule has 0 aliphatic carbocycles. The second-order valence-electron chi connectivity index (χ2n) is 6.09. The fraction of sp³-hybridized carbons (Fsp3) is 0.533. The van der Waals surface area contributed by atoms with Crippen LogP contribution in [0.5, 0.6) is 5.75 Å². The van der Waals surface area contributed by atoms with E-state index in [1.54, 1.807) is 0 Å². The minimum absolute atomic E-state index is 0.0305. The Morgan fingerprint density at radius 2 is 2.10 bits per heavy atom. The van der Waals surface area contributed by atoms with E-state index in [9.17, 15) is 14.3 Å². The van der Waals surface area contributed by atoms with Crippen molar-refractivity contribution in [2.75, 3.05) is 19.0 Å². The van der Waals surface area contributed by atoms with Crippen LogP contribution in [-0.2, 0) is 0 Å². The summed E-state index contributed by atoms with van der Waals surface area (Å²) in [7, 11) is 1.44. The van der Waals surface area contributed by atoms with Crippen LogP contribution in [0.4, 0.5) is 14.9 Å². The van der Waals surface area contributed by atoms with Gasteiger partial charge in [0.15, 0.2) is 0 Å². The first-order valence-corrected chi connectivity index (χ1v) is 6.77. The van der Waals surface area contributed by atoms with Crippen molar-refractivity contribution in [3.05, 3.63) is 24.0 Å². The van der Waals surface area contributed by atoms with E-state index in [0.29, 0.717) is 12.2 Å². The number of methoxy groups -OCH3 is 1. The van der Waals surface area contributed by atoms with E-state index in [1.807, 2.05) is 20.8 Å². The molecular weight excluding hydrogens is 275 g/mol. The fourth-order valence-electron chi connectivity index (χ4n) is 2.02. The van der Waals surface area contributed by atoms with E-state index < -0.39 is 11.8 Å². The lowest BCUT2D eigenvalue weighted by molar-refractivity contribution is 0.196. The van der Waals surface area contributed by atoms with E-state index >= 15 is 0 Å². The molecule has 2 amide bonds. The van der Waals surface area contributed by atoms with Crippen molar-refractivity contribution >= 4 is 11.7 Å². The molecule has 0 heterocycles. The number of anilines is 1. The van der Waals surface area contributed by atoms with Crippen LogP contribution in [-0.4, -0.2) is 30.9 Å². The van der Waals surface area contributed by atoms with E-state index in [1.165, 1.54) is 25.3 Å². The first-order chi connectivity index (χ1) is 9.75. The standard InChI is InChI=1S/C15H23FN2O3/c1-15(2,3)8-11(9-19)17-14(20)18-12-7-10(16)5-6-13(12)21-4/h5-7,11,19H,8-9H2,1-4H3,(H2,17,18,20). The van der Waals surface area contributed by atoms with Gasteiger partial charge in [0.25, 0.3) is 0 Å². The lowest BCUT2D eigenvalue weighted by atomic mass is 9.88. The molecule has 0 aliphatic heterocycles. The Hall–Kier alpha value is -1.82. The normalized spacial score (nSPS) is 12.7. The Morgan fingerprint density at radius 3 is 2.62 bits per heavy atom. The summed E-state index contributed by atoms with van der Waals surface area (Å²) in [4.78, 5) is 11.9. The molecule has 1 rings (SSSR count). The molecule has 118 valence electrons. The minimum Gasteiger partial charge on any atom is -0.495 e. The third kappa shape index (κ3) is 5.99. The number of aliphatic hydroxyl groups excluding tert-OH is 1. The molecule has 5 nitrogen and oxygen atoms in total. The molecule has 0 aliphatic rings. The first kappa shape index (κ1) is 17.2. The predicted octanol–water partition coefficient (Wildman–Crippen LogP) is 2.75. The van der Waals surface area contributed by atoms with Gasteiger partial charge in [0.2, 0.25) is 0 Å². The highest BCUT2D eigenvalue weighted by Gasteiger charge is 2.20. The lowest BCUT2D eigenvalue weighted by Crippen LogP contribution is -2.42. The molecule has 3 N–H and O–H groups in total. The quantitative estimate of drug-likeness (QED) is 0.783. The van der Waals surface area contributed by atoms with Crippen molar-refractivity contribution < 1.29 is 19.0 Å². The Labute approximate surface area is 124 Å². The van der Waals surface area contributed by atoms with Gasteiger partial charge in [-0.1, -0.05) is 20.8 Å². The highest BCUT2D eigenvalue weighted by Crippen LogP contribution is 2.25. The lowest BCUT2D eigenvalue weighted by Gasteiger charge is -2.25. The average molecular weight is 298 g/mol. The summed E-state index contributed by atoms with van der Waals surface area (Å²) in [5, 5.41) is 14.5.